The topological polar surface area (TPSA) is 104 Å². The first-order valence-corrected chi connectivity index (χ1v) is 19.1. The third-order valence-electron chi connectivity index (χ3n) is 8.12. The zero-order chi connectivity index (χ0) is 30.2. The summed E-state index contributed by atoms with van der Waals surface area (Å²) in [6.07, 6.45) is 7.79. The van der Waals surface area contributed by atoms with Gasteiger partial charge in [-0.2, -0.15) is 5.10 Å². The minimum Gasteiger partial charge on any atom is -0.481 e. The Labute approximate surface area is 255 Å². The van der Waals surface area contributed by atoms with Crippen molar-refractivity contribution >= 4 is 30.5 Å². The summed E-state index contributed by atoms with van der Waals surface area (Å²) in [6, 6.07) is 15.5. The van der Waals surface area contributed by atoms with E-state index in [0.29, 0.717) is 32.3 Å². The lowest BCUT2D eigenvalue weighted by Crippen LogP contribution is -2.38. The zero-order valence-corrected chi connectivity index (χ0v) is 26.6. The summed E-state index contributed by atoms with van der Waals surface area (Å²) < 4.78 is 26.1. The largest absolute Gasteiger partial charge is 0.481 e. The van der Waals surface area contributed by atoms with Crippen molar-refractivity contribution in [2.24, 2.45) is 0 Å². The van der Waals surface area contributed by atoms with Crippen molar-refractivity contribution < 1.29 is 28.8 Å². The lowest BCUT2D eigenvalue weighted by Gasteiger charge is -2.26. The van der Waals surface area contributed by atoms with Crippen molar-refractivity contribution in [1.29, 1.82) is 0 Å². The highest BCUT2D eigenvalue weighted by atomic mass is 28.3. The highest BCUT2D eigenvalue weighted by Crippen LogP contribution is 2.37. The molecule has 5 rings (SSSR count). The summed E-state index contributed by atoms with van der Waals surface area (Å²) in [7, 11) is -1.18. The van der Waals surface area contributed by atoms with Crippen LogP contribution in [0.4, 0.5) is 0 Å². The molecule has 9 nitrogen and oxygen atoms in total. The van der Waals surface area contributed by atoms with Gasteiger partial charge in [0.05, 0.1) is 43.2 Å². The summed E-state index contributed by atoms with van der Waals surface area (Å²) >= 11 is 0. The van der Waals surface area contributed by atoms with Gasteiger partial charge in [-0.15, -0.1) is 0 Å². The number of fused-ring (bicyclic) bond motifs is 1. The van der Waals surface area contributed by atoms with Crippen LogP contribution in [0.2, 0.25) is 25.7 Å². The Balaban J connectivity index is 1.20. The van der Waals surface area contributed by atoms with Crippen LogP contribution in [0.1, 0.15) is 36.8 Å². The van der Waals surface area contributed by atoms with Crippen molar-refractivity contribution in [3.05, 3.63) is 65.9 Å². The quantitative estimate of drug-likeness (QED) is 0.167. The fraction of sp³-hybridized carbons (Fsp3) is 0.515. The van der Waals surface area contributed by atoms with E-state index < -0.39 is 20.7 Å². The fourth-order valence-corrected chi connectivity index (χ4v) is 6.34. The van der Waals surface area contributed by atoms with Gasteiger partial charge in [0, 0.05) is 31.7 Å². The molecule has 232 valence electrons. The number of hydrogen-bond donors (Lipinski definition) is 2. The Bertz CT molecular complexity index is 1390. The zero-order valence-electron chi connectivity index (χ0n) is 25.6. The molecule has 10 heteroatoms. The molecule has 1 saturated heterocycles. The average molecular weight is 608 g/mol. The number of nitrogens with zero attached hydrogens (tertiary/aromatic N) is 2. The monoisotopic (exact) mass is 607 g/mol. The molecule has 0 radical (unpaired) electrons. The second kappa shape index (κ2) is 14.6. The van der Waals surface area contributed by atoms with Crippen molar-refractivity contribution in [2.45, 2.75) is 83.0 Å². The number of ether oxygens (including phenoxy) is 4. The number of carboxylic acids is 1. The first-order valence-electron chi connectivity index (χ1n) is 15.4. The van der Waals surface area contributed by atoms with Crippen molar-refractivity contribution in [1.82, 2.24) is 15.1 Å². The molecular weight excluding hydrogens is 562 g/mol. The maximum Gasteiger partial charge on any atom is 0.341 e. The average Bonchev–Trinajstić information content (AvgIpc) is 3.62. The molecule has 2 heterocycles. The van der Waals surface area contributed by atoms with Gasteiger partial charge in [0.15, 0.2) is 6.61 Å². The summed E-state index contributed by atoms with van der Waals surface area (Å²) in [5, 5.41) is 18.4. The van der Waals surface area contributed by atoms with Crippen LogP contribution < -0.4 is 10.1 Å². The van der Waals surface area contributed by atoms with E-state index in [1.54, 1.807) is 0 Å². The van der Waals surface area contributed by atoms with Crippen LogP contribution in [0.3, 0.4) is 0 Å². The Morgan fingerprint density at radius 1 is 1.14 bits per heavy atom. The van der Waals surface area contributed by atoms with Gasteiger partial charge >= 0.3 is 5.97 Å². The Kier molecular flexibility index (Phi) is 10.7. The second-order valence-corrected chi connectivity index (χ2v) is 18.3. The standard InChI is InChI=1S/C33H45N3O6Si/c1-43(2,3)16-15-39-23-36-30-18-32(42-22-33(37)38)28(17-26(30)19-35-36)25-9-11-27(12-10-25)40-21-29-31(13-14-34-29)41-20-24-7-5-4-6-8-24/h4-9,17-19,27,29,31,34H,10-16,20-23H2,1-3H3,(H,37,38)/t27?,29-,31+/m0/s1. The van der Waals surface area contributed by atoms with Crippen molar-refractivity contribution in [2.75, 3.05) is 26.4 Å². The molecule has 3 aromatic rings. The molecule has 1 aromatic heterocycles. The highest BCUT2D eigenvalue weighted by molar-refractivity contribution is 6.76. The number of benzene rings is 2. The van der Waals surface area contributed by atoms with E-state index in [9.17, 15) is 9.90 Å². The predicted molar refractivity (Wildman–Crippen MR) is 170 cm³/mol. The van der Waals surface area contributed by atoms with Gasteiger partial charge in [-0.3, -0.25) is 0 Å². The van der Waals surface area contributed by atoms with Crippen LogP contribution in [0.25, 0.3) is 16.5 Å². The molecule has 0 saturated carbocycles. The van der Waals surface area contributed by atoms with Gasteiger partial charge in [-0.1, -0.05) is 56.0 Å². The van der Waals surface area contributed by atoms with Crippen LogP contribution in [-0.4, -0.2) is 73.5 Å². The number of hydrogen-bond acceptors (Lipinski definition) is 7. The summed E-state index contributed by atoms with van der Waals surface area (Å²) in [5.74, 6) is -0.454. The molecule has 1 aliphatic carbocycles. The van der Waals surface area contributed by atoms with Gasteiger partial charge in [0.1, 0.15) is 12.5 Å². The van der Waals surface area contributed by atoms with Crippen LogP contribution in [-0.2, 0) is 32.3 Å². The molecule has 1 fully saturated rings. The number of aliphatic carboxylic acids is 1. The first kappa shape index (κ1) is 31.4. The number of carboxylic acid groups (broad SMARTS) is 1. The molecule has 0 spiro atoms. The predicted octanol–water partition coefficient (Wildman–Crippen LogP) is 5.71. The number of carbonyl (C=O) groups is 1. The second-order valence-electron chi connectivity index (χ2n) is 12.7. The maximum atomic E-state index is 11.4. The van der Waals surface area contributed by atoms with E-state index in [4.69, 9.17) is 18.9 Å². The molecule has 3 atom stereocenters. The van der Waals surface area contributed by atoms with E-state index in [1.807, 2.05) is 35.1 Å². The number of aromatic nitrogens is 2. The summed E-state index contributed by atoms with van der Waals surface area (Å²) in [5.41, 5.74) is 4.10. The van der Waals surface area contributed by atoms with E-state index in [-0.39, 0.29) is 18.2 Å². The molecule has 2 aromatic carbocycles. The molecule has 2 aliphatic rings. The lowest BCUT2D eigenvalue weighted by atomic mass is 9.91. The summed E-state index contributed by atoms with van der Waals surface area (Å²) in [4.78, 5) is 11.4. The lowest BCUT2D eigenvalue weighted by molar-refractivity contribution is -0.139. The molecule has 1 aliphatic heterocycles. The number of allylic oxidation sites excluding steroid dienone is 1. The third kappa shape index (κ3) is 8.99. The maximum absolute atomic E-state index is 11.4. The van der Waals surface area contributed by atoms with Crippen LogP contribution in [0.15, 0.2) is 54.7 Å². The smallest absolute Gasteiger partial charge is 0.341 e. The molecule has 2 N–H and O–H groups in total. The Morgan fingerprint density at radius 2 is 1.98 bits per heavy atom. The van der Waals surface area contributed by atoms with Crippen LogP contribution in [0.5, 0.6) is 5.75 Å². The number of nitrogens with one attached hydrogen (secondary N) is 1. The van der Waals surface area contributed by atoms with Crippen LogP contribution >= 0.6 is 0 Å². The normalized spacial score (nSPS) is 20.8. The van der Waals surface area contributed by atoms with Gasteiger partial charge in [0.2, 0.25) is 0 Å². The molecule has 1 unspecified atom stereocenters. The van der Waals surface area contributed by atoms with Crippen molar-refractivity contribution in [3.8, 4) is 5.75 Å². The van der Waals surface area contributed by atoms with E-state index in [0.717, 1.165) is 60.3 Å². The number of rotatable bonds is 15. The summed E-state index contributed by atoms with van der Waals surface area (Å²) in [6.45, 7) is 9.79. The minimum atomic E-state index is -1.18. The van der Waals surface area contributed by atoms with Crippen LogP contribution in [0, 0.1) is 0 Å². The Morgan fingerprint density at radius 3 is 2.72 bits per heavy atom. The first-order chi connectivity index (χ1) is 20.7. The fourth-order valence-electron chi connectivity index (χ4n) is 5.58. The molecule has 0 bridgehead atoms. The van der Waals surface area contributed by atoms with E-state index in [2.05, 4.69) is 54.3 Å². The molecule has 0 amide bonds. The van der Waals surface area contributed by atoms with Gasteiger partial charge in [0.25, 0.3) is 0 Å². The third-order valence-corrected chi connectivity index (χ3v) is 9.82. The highest BCUT2D eigenvalue weighted by Gasteiger charge is 2.29. The van der Waals surface area contributed by atoms with Gasteiger partial charge < -0.3 is 29.4 Å². The van der Waals surface area contributed by atoms with Gasteiger partial charge in [-0.25, -0.2) is 9.48 Å². The van der Waals surface area contributed by atoms with E-state index in [1.165, 1.54) is 5.56 Å². The van der Waals surface area contributed by atoms with Crippen molar-refractivity contribution in [3.63, 3.8) is 0 Å². The SMILES string of the molecule is C[Si](C)(C)CCOCn1ncc2cc(C3=CCC(OC[C@@H]4NCC[C@H]4OCc4ccccc4)CC3)c(OCC(=O)O)cc21. The molecular formula is C33H45N3O6Si. The Hall–Kier alpha value is -3.02. The van der Waals surface area contributed by atoms with Gasteiger partial charge in [-0.05, 0) is 55.5 Å². The molecule has 43 heavy (non-hydrogen) atoms. The van der Waals surface area contributed by atoms with E-state index >= 15 is 0 Å². The minimum absolute atomic E-state index is 0.129.